The van der Waals surface area contributed by atoms with E-state index in [0.29, 0.717) is 6.42 Å². The first-order valence-corrected chi connectivity index (χ1v) is 8.78. The predicted molar refractivity (Wildman–Crippen MR) is 88.3 cm³/mol. The number of carbonyl (C=O) groups is 2. The van der Waals surface area contributed by atoms with Gasteiger partial charge in [0, 0.05) is 6.04 Å². The molecule has 1 amide bonds. The van der Waals surface area contributed by atoms with Crippen LogP contribution in [0.4, 0.5) is 0 Å². The Morgan fingerprint density at radius 1 is 1.00 bits per heavy atom. The zero-order valence-electron chi connectivity index (χ0n) is 13.5. The number of fused-ring (bicyclic) bond motifs is 1. The summed E-state index contributed by atoms with van der Waals surface area (Å²) in [5.41, 5.74) is 2.38. The molecule has 0 radical (unpaired) electrons. The minimum absolute atomic E-state index is 0.00954. The Morgan fingerprint density at radius 3 is 2.61 bits per heavy atom. The van der Waals surface area contributed by atoms with Gasteiger partial charge in [0.1, 0.15) is 0 Å². The summed E-state index contributed by atoms with van der Waals surface area (Å²) in [5.74, 6) is -1.34. The van der Waals surface area contributed by atoms with Crippen LogP contribution in [-0.4, -0.2) is 23.0 Å². The Morgan fingerprint density at radius 2 is 1.78 bits per heavy atom. The number of nitrogens with one attached hydrogen (secondary N) is 1. The Bertz CT molecular complexity index is 584. The van der Waals surface area contributed by atoms with Crippen molar-refractivity contribution >= 4 is 11.9 Å². The first kappa shape index (κ1) is 16.0. The molecule has 0 aliphatic heterocycles. The van der Waals surface area contributed by atoms with Crippen LogP contribution in [0.1, 0.15) is 62.0 Å². The normalized spacial score (nSPS) is 27.6. The molecule has 1 fully saturated rings. The Hall–Kier alpha value is -1.84. The van der Waals surface area contributed by atoms with Crippen LogP contribution in [0.25, 0.3) is 0 Å². The van der Waals surface area contributed by atoms with Crippen molar-refractivity contribution in [2.24, 2.45) is 5.92 Å². The first-order valence-electron chi connectivity index (χ1n) is 8.78. The molecule has 3 atom stereocenters. The summed E-state index contributed by atoms with van der Waals surface area (Å²) in [6.07, 6.45) is 7.34. The number of hydrogen-bond acceptors (Lipinski definition) is 2. The van der Waals surface area contributed by atoms with Gasteiger partial charge in [-0.05, 0) is 43.2 Å². The maximum absolute atomic E-state index is 12.8. The van der Waals surface area contributed by atoms with E-state index in [1.165, 1.54) is 5.56 Å². The molecule has 0 saturated heterocycles. The number of carbonyl (C=O) groups excluding carboxylic acids is 1. The molecular formula is C19H25NO3. The summed E-state index contributed by atoms with van der Waals surface area (Å²) in [7, 11) is 0. The maximum Gasteiger partial charge on any atom is 0.308 e. The molecule has 2 N–H and O–H groups in total. The summed E-state index contributed by atoms with van der Waals surface area (Å²) < 4.78 is 0. The van der Waals surface area contributed by atoms with Crippen LogP contribution in [0.3, 0.4) is 0 Å². The topological polar surface area (TPSA) is 66.4 Å². The lowest BCUT2D eigenvalue weighted by atomic mass is 9.82. The van der Waals surface area contributed by atoms with Crippen molar-refractivity contribution in [1.82, 2.24) is 5.32 Å². The van der Waals surface area contributed by atoms with E-state index < -0.39 is 11.9 Å². The van der Waals surface area contributed by atoms with E-state index in [4.69, 9.17) is 0 Å². The minimum atomic E-state index is -0.777. The lowest BCUT2D eigenvalue weighted by molar-refractivity contribution is -0.143. The van der Waals surface area contributed by atoms with Crippen LogP contribution in [0.15, 0.2) is 24.3 Å². The van der Waals surface area contributed by atoms with Crippen molar-refractivity contribution < 1.29 is 14.7 Å². The highest BCUT2D eigenvalue weighted by molar-refractivity contribution is 5.85. The molecule has 4 nitrogen and oxygen atoms in total. The summed E-state index contributed by atoms with van der Waals surface area (Å²) in [5, 5.41) is 12.5. The average molecular weight is 315 g/mol. The molecule has 1 unspecified atom stereocenters. The molecule has 2 aliphatic carbocycles. The van der Waals surface area contributed by atoms with Gasteiger partial charge in [-0.25, -0.2) is 0 Å². The fourth-order valence-corrected chi connectivity index (χ4v) is 4.09. The van der Waals surface area contributed by atoms with Crippen molar-refractivity contribution in [3.63, 3.8) is 0 Å². The lowest BCUT2D eigenvalue weighted by Gasteiger charge is -2.29. The molecule has 23 heavy (non-hydrogen) atoms. The van der Waals surface area contributed by atoms with Crippen LogP contribution in [-0.2, 0) is 16.0 Å². The minimum Gasteiger partial charge on any atom is -0.481 e. The van der Waals surface area contributed by atoms with Crippen molar-refractivity contribution in [1.29, 1.82) is 0 Å². The van der Waals surface area contributed by atoms with Gasteiger partial charge < -0.3 is 10.4 Å². The Kier molecular flexibility index (Phi) is 4.99. The van der Waals surface area contributed by atoms with Crippen LogP contribution in [0.2, 0.25) is 0 Å². The highest BCUT2D eigenvalue weighted by Crippen LogP contribution is 2.32. The highest BCUT2D eigenvalue weighted by Gasteiger charge is 2.33. The summed E-state index contributed by atoms with van der Waals surface area (Å²) in [6.45, 7) is 0. The van der Waals surface area contributed by atoms with Crippen molar-refractivity contribution in [2.75, 3.05) is 0 Å². The second-order valence-corrected chi connectivity index (χ2v) is 6.84. The van der Waals surface area contributed by atoms with E-state index in [0.717, 1.165) is 50.5 Å². The van der Waals surface area contributed by atoms with Crippen LogP contribution >= 0.6 is 0 Å². The molecule has 0 aromatic heterocycles. The van der Waals surface area contributed by atoms with E-state index in [9.17, 15) is 14.7 Å². The largest absolute Gasteiger partial charge is 0.481 e. The summed E-state index contributed by atoms with van der Waals surface area (Å²) >= 11 is 0. The van der Waals surface area contributed by atoms with E-state index in [1.807, 2.05) is 18.2 Å². The second kappa shape index (κ2) is 7.16. The van der Waals surface area contributed by atoms with E-state index >= 15 is 0 Å². The van der Waals surface area contributed by atoms with Gasteiger partial charge in [0.15, 0.2) is 0 Å². The molecule has 1 aromatic rings. The third-order valence-corrected chi connectivity index (χ3v) is 5.35. The average Bonchev–Trinajstić information content (AvgIpc) is 2.79. The van der Waals surface area contributed by atoms with Crippen LogP contribution < -0.4 is 5.32 Å². The molecule has 124 valence electrons. The highest BCUT2D eigenvalue weighted by atomic mass is 16.4. The number of aryl methyl sites for hydroxylation is 1. The van der Waals surface area contributed by atoms with Gasteiger partial charge in [0.05, 0.1) is 11.8 Å². The van der Waals surface area contributed by atoms with Gasteiger partial charge in [-0.1, -0.05) is 43.5 Å². The molecule has 0 bridgehead atoms. The zero-order chi connectivity index (χ0) is 16.2. The number of aliphatic carboxylic acids is 1. The molecule has 2 aliphatic rings. The molecule has 1 aromatic carbocycles. The number of amides is 1. The maximum atomic E-state index is 12.8. The number of carboxylic acid groups (broad SMARTS) is 1. The monoisotopic (exact) mass is 315 g/mol. The Balaban J connectivity index is 1.74. The van der Waals surface area contributed by atoms with Gasteiger partial charge in [0.2, 0.25) is 5.91 Å². The molecule has 3 rings (SSSR count). The predicted octanol–water partition coefficient (Wildman–Crippen LogP) is 3.26. The first-order chi connectivity index (χ1) is 11.2. The molecule has 0 heterocycles. The van der Waals surface area contributed by atoms with Crippen molar-refractivity contribution in [3.8, 4) is 0 Å². The van der Waals surface area contributed by atoms with Gasteiger partial charge in [0.25, 0.3) is 0 Å². The second-order valence-electron chi connectivity index (χ2n) is 6.84. The van der Waals surface area contributed by atoms with Gasteiger partial charge in [-0.15, -0.1) is 0 Å². The number of rotatable bonds is 3. The molecule has 1 saturated carbocycles. The third kappa shape index (κ3) is 3.57. The zero-order valence-corrected chi connectivity index (χ0v) is 13.5. The lowest BCUT2D eigenvalue weighted by Crippen LogP contribution is -2.45. The Labute approximate surface area is 137 Å². The standard InChI is InChI=1S/C19H25NO3/c21-18(15-11-6-8-13-7-4-5-9-14(13)15)20-17-12-3-1-2-10-16(17)19(22)23/h4-5,7,9,15-17H,1-3,6,8,10-12H2,(H,20,21)(H,22,23)/t15?,16-,17+/m1/s1. The quantitative estimate of drug-likeness (QED) is 0.841. The van der Waals surface area contributed by atoms with Gasteiger partial charge >= 0.3 is 5.97 Å². The number of hydrogen-bond donors (Lipinski definition) is 2. The van der Waals surface area contributed by atoms with Crippen LogP contribution in [0.5, 0.6) is 0 Å². The van der Waals surface area contributed by atoms with E-state index in [1.54, 1.807) is 0 Å². The van der Waals surface area contributed by atoms with Crippen molar-refractivity contribution in [2.45, 2.75) is 63.3 Å². The molecular weight excluding hydrogens is 290 g/mol. The fourth-order valence-electron chi connectivity index (χ4n) is 4.09. The fraction of sp³-hybridized carbons (Fsp3) is 0.579. The van der Waals surface area contributed by atoms with E-state index in [-0.39, 0.29) is 17.9 Å². The van der Waals surface area contributed by atoms with Gasteiger partial charge in [-0.3, -0.25) is 9.59 Å². The van der Waals surface area contributed by atoms with Crippen LogP contribution in [0, 0.1) is 5.92 Å². The summed E-state index contributed by atoms with van der Waals surface area (Å²) in [4.78, 5) is 24.3. The molecule has 0 spiro atoms. The van der Waals surface area contributed by atoms with Gasteiger partial charge in [-0.2, -0.15) is 0 Å². The van der Waals surface area contributed by atoms with Crippen molar-refractivity contribution in [3.05, 3.63) is 35.4 Å². The summed E-state index contributed by atoms with van der Waals surface area (Å²) in [6, 6.07) is 7.92. The number of carboxylic acids is 1. The smallest absolute Gasteiger partial charge is 0.308 e. The SMILES string of the molecule is O=C(N[C@H]1CCCCC[C@H]1C(=O)O)C1CCCc2ccccc21. The van der Waals surface area contributed by atoms with E-state index in [2.05, 4.69) is 11.4 Å². The third-order valence-electron chi connectivity index (χ3n) is 5.35. The molecule has 4 heteroatoms. The number of benzene rings is 1.